The van der Waals surface area contributed by atoms with Crippen molar-refractivity contribution in [3.8, 4) is 16.9 Å². The summed E-state index contributed by atoms with van der Waals surface area (Å²) in [5.41, 5.74) is 6.01. The van der Waals surface area contributed by atoms with E-state index in [0.717, 1.165) is 74.3 Å². The molecule has 5 aliphatic rings. The first-order valence-corrected chi connectivity index (χ1v) is 19.2. The summed E-state index contributed by atoms with van der Waals surface area (Å²) < 4.78 is 13.6. The summed E-state index contributed by atoms with van der Waals surface area (Å²) in [6, 6.07) is 8.81. The molecule has 0 atom stereocenters. The first-order valence-electron chi connectivity index (χ1n) is 19.2. The molecule has 8 rings (SSSR count). The number of benzene rings is 1. The van der Waals surface area contributed by atoms with Crippen molar-refractivity contribution < 1.29 is 19.1 Å². The zero-order chi connectivity index (χ0) is 36.1. The minimum absolute atomic E-state index is 0.0594. The van der Waals surface area contributed by atoms with Gasteiger partial charge in [0.15, 0.2) is 0 Å². The number of methoxy groups -OCH3 is 1. The Hall–Kier alpha value is -3.88. The van der Waals surface area contributed by atoms with E-state index in [1.165, 1.54) is 16.7 Å². The van der Waals surface area contributed by atoms with Crippen LogP contribution >= 0.6 is 0 Å². The number of carbonyl (C=O) groups is 2. The highest BCUT2D eigenvalue weighted by Crippen LogP contribution is 2.58. The Kier molecular flexibility index (Phi) is 9.46. The molecule has 3 heterocycles. The van der Waals surface area contributed by atoms with Gasteiger partial charge in [0.1, 0.15) is 17.7 Å². The molecule has 2 bridgehead atoms. The van der Waals surface area contributed by atoms with E-state index in [2.05, 4.69) is 71.0 Å². The number of anilines is 1. The summed E-state index contributed by atoms with van der Waals surface area (Å²) >= 11 is 0. The normalized spacial score (nSPS) is 26.5. The number of pyridine rings is 1. The molecule has 4 aliphatic carbocycles. The maximum absolute atomic E-state index is 14.7. The Morgan fingerprint density at radius 2 is 1.59 bits per heavy atom. The van der Waals surface area contributed by atoms with Gasteiger partial charge >= 0.3 is 6.09 Å². The van der Waals surface area contributed by atoms with Crippen LogP contribution in [0.2, 0.25) is 0 Å². The first-order chi connectivity index (χ1) is 24.3. The molecule has 0 spiro atoms. The van der Waals surface area contributed by atoms with E-state index in [4.69, 9.17) is 14.5 Å². The molecule has 9 nitrogen and oxygen atoms in total. The molecule has 0 N–H and O–H groups in total. The lowest BCUT2D eigenvalue weighted by molar-refractivity contribution is -0.124. The fraction of sp³-hybridized carbons (Fsp3) is 0.619. The van der Waals surface area contributed by atoms with Gasteiger partial charge in [-0.25, -0.2) is 9.78 Å². The Morgan fingerprint density at radius 3 is 2.16 bits per heavy atom. The van der Waals surface area contributed by atoms with Crippen molar-refractivity contribution in [2.75, 3.05) is 31.6 Å². The van der Waals surface area contributed by atoms with Gasteiger partial charge in [-0.3, -0.25) is 14.4 Å². The number of aromatic nitrogens is 3. The van der Waals surface area contributed by atoms with Crippen LogP contribution in [0.1, 0.15) is 109 Å². The zero-order valence-corrected chi connectivity index (χ0v) is 31.8. The molecule has 4 saturated carbocycles. The average Bonchev–Trinajstić information content (AvgIpc) is 3.62. The summed E-state index contributed by atoms with van der Waals surface area (Å²) in [7, 11) is 1.76. The number of amides is 2. The van der Waals surface area contributed by atoms with Gasteiger partial charge in [0.2, 0.25) is 5.91 Å². The molecule has 0 unspecified atom stereocenters. The predicted octanol–water partition coefficient (Wildman–Crippen LogP) is 8.60. The third-order valence-corrected chi connectivity index (χ3v) is 12.7. The number of hydrogen-bond donors (Lipinski definition) is 0. The lowest BCUT2D eigenvalue weighted by Gasteiger charge is -2.55. The average molecular weight is 696 g/mol. The Labute approximate surface area is 304 Å². The predicted molar refractivity (Wildman–Crippen MR) is 200 cm³/mol. The maximum atomic E-state index is 14.7. The topological polar surface area (TPSA) is 89.8 Å². The van der Waals surface area contributed by atoms with Crippen LogP contribution in [0.4, 0.5) is 10.6 Å². The van der Waals surface area contributed by atoms with E-state index in [0.29, 0.717) is 38.1 Å². The standard InChI is InChI=1S/C42H57N5O4/c1-28-24-45(25-28)39(49)51-35-10-8-31(9-11-35)38(48)46(36-22-32(12-19-43-36)33-23-44-47(26-33)40(4,5)6)27-41-13-16-42(17-14-41,18-15-41)34-20-29(2)37(50-7)30(3)21-34/h12,19-23,26,28,31,35H,8-11,13-18,24-25,27H2,1-7H3. The molecule has 0 radical (unpaired) electrons. The second kappa shape index (κ2) is 13.6. The van der Waals surface area contributed by atoms with Gasteiger partial charge in [0, 0.05) is 43.5 Å². The highest BCUT2D eigenvalue weighted by Gasteiger charge is 2.51. The lowest BCUT2D eigenvalue weighted by Crippen LogP contribution is -2.52. The Bertz CT molecular complexity index is 1710. The van der Waals surface area contributed by atoms with Gasteiger partial charge < -0.3 is 14.4 Å². The van der Waals surface area contributed by atoms with E-state index in [9.17, 15) is 9.59 Å². The van der Waals surface area contributed by atoms with Crippen LogP contribution in [0, 0.1) is 31.1 Å². The number of nitrogens with zero attached hydrogens (tertiary/aromatic N) is 5. The van der Waals surface area contributed by atoms with Crippen molar-refractivity contribution in [2.24, 2.45) is 17.3 Å². The van der Waals surface area contributed by atoms with Crippen molar-refractivity contribution in [1.29, 1.82) is 0 Å². The molecular weight excluding hydrogens is 638 g/mol. The maximum Gasteiger partial charge on any atom is 0.410 e. The van der Waals surface area contributed by atoms with Gasteiger partial charge in [-0.05, 0) is 150 Å². The molecule has 274 valence electrons. The highest BCUT2D eigenvalue weighted by molar-refractivity contribution is 5.95. The van der Waals surface area contributed by atoms with Crippen LogP contribution in [-0.4, -0.2) is 64.5 Å². The number of ether oxygens (including phenoxy) is 2. The van der Waals surface area contributed by atoms with E-state index in [-0.39, 0.29) is 40.4 Å². The summed E-state index contributed by atoms with van der Waals surface area (Å²) in [5.74, 6) is 2.29. The first kappa shape index (κ1) is 35.5. The van der Waals surface area contributed by atoms with Crippen LogP contribution in [0.3, 0.4) is 0 Å². The highest BCUT2D eigenvalue weighted by atomic mass is 16.6. The Morgan fingerprint density at radius 1 is 0.941 bits per heavy atom. The van der Waals surface area contributed by atoms with Crippen molar-refractivity contribution >= 4 is 17.8 Å². The summed E-state index contributed by atoms with van der Waals surface area (Å²) in [4.78, 5) is 36.0. The molecule has 2 amide bonds. The van der Waals surface area contributed by atoms with Crippen molar-refractivity contribution in [2.45, 2.75) is 123 Å². The number of hydrogen-bond acceptors (Lipinski definition) is 6. The van der Waals surface area contributed by atoms with Gasteiger partial charge in [-0.15, -0.1) is 0 Å². The molecule has 5 fully saturated rings. The monoisotopic (exact) mass is 695 g/mol. The number of likely N-dealkylation sites (tertiary alicyclic amines) is 1. The summed E-state index contributed by atoms with van der Waals surface area (Å²) in [6.07, 6.45) is 15.0. The minimum atomic E-state index is -0.204. The van der Waals surface area contributed by atoms with Crippen LogP contribution in [0.25, 0.3) is 11.1 Å². The smallest absolute Gasteiger partial charge is 0.410 e. The molecule has 51 heavy (non-hydrogen) atoms. The van der Waals surface area contributed by atoms with Crippen molar-refractivity contribution in [3.05, 3.63) is 59.5 Å². The number of rotatable bonds is 8. The molecule has 1 aliphatic heterocycles. The quantitative estimate of drug-likeness (QED) is 0.235. The van der Waals surface area contributed by atoms with Crippen LogP contribution in [-0.2, 0) is 20.5 Å². The third kappa shape index (κ3) is 7.02. The van der Waals surface area contributed by atoms with Crippen molar-refractivity contribution in [3.63, 3.8) is 0 Å². The molecule has 1 saturated heterocycles. The van der Waals surface area contributed by atoms with E-state index in [1.807, 2.05) is 28.0 Å². The van der Waals surface area contributed by atoms with Crippen molar-refractivity contribution in [1.82, 2.24) is 19.7 Å². The number of carbonyl (C=O) groups excluding carboxylic acids is 2. The fourth-order valence-corrected chi connectivity index (χ4v) is 9.42. The van der Waals surface area contributed by atoms with E-state index < -0.39 is 0 Å². The molecule has 2 aromatic heterocycles. The Balaban J connectivity index is 1.11. The minimum Gasteiger partial charge on any atom is -0.496 e. The molecule has 9 heteroatoms. The summed E-state index contributed by atoms with van der Waals surface area (Å²) in [6.45, 7) is 15.1. The van der Waals surface area contributed by atoms with Gasteiger partial charge in [-0.1, -0.05) is 19.1 Å². The van der Waals surface area contributed by atoms with E-state index >= 15 is 0 Å². The van der Waals surface area contributed by atoms with Crippen LogP contribution in [0.5, 0.6) is 5.75 Å². The fourth-order valence-electron chi connectivity index (χ4n) is 9.42. The second-order valence-corrected chi connectivity index (χ2v) is 17.5. The SMILES string of the molecule is COc1c(C)cc(C23CCC(CN(C(=O)C4CCC(OC(=O)N5CC(C)C5)CC4)c4cc(-c5cnn(C(C)(C)C)c5)ccn4)(CC2)CC3)cc1C. The molecule has 1 aromatic carbocycles. The second-order valence-electron chi connectivity index (χ2n) is 17.5. The number of fused-ring (bicyclic) bond motifs is 3. The third-order valence-electron chi connectivity index (χ3n) is 12.7. The number of aryl methyl sites for hydroxylation is 2. The lowest BCUT2D eigenvalue weighted by atomic mass is 9.51. The van der Waals surface area contributed by atoms with Gasteiger partial charge in [0.25, 0.3) is 0 Å². The van der Waals surface area contributed by atoms with Crippen LogP contribution in [0.15, 0.2) is 42.9 Å². The summed E-state index contributed by atoms with van der Waals surface area (Å²) in [5, 5.41) is 4.64. The largest absolute Gasteiger partial charge is 0.496 e. The zero-order valence-electron chi connectivity index (χ0n) is 31.8. The van der Waals surface area contributed by atoms with E-state index in [1.54, 1.807) is 12.0 Å². The van der Waals surface area contributed by atoms with Gasteiger partial charge in [0.05, 0.1) is 18.8 Å². The van der Waals surface area contributed by atoms with Crippen LogP contribution < -0.4 is 9.64 Å². The van der Waals surface area contributed by atoms with Gasteiger partial charge in [-0.2, -0.15) is 5.10 Å². The molecular formula is C42H57N5O4. The molecule has 3 aromatic rings.